The van der Waals surface area contributed by atoms with E-state index in [1.54, 1.807) is 6.33 Å². The molecule has 0 radical (unpaired) electrons. The topological polar surface area (TPSA) is 47.0 Å². The van der Waals surface area contributed by atoms with Gasteiger partial charge in [0.05, 0.1) is 12.3 Å². The number of hydrogen-bond donors (Lipinski definition) is 1. The zero-order valence-electron chi connectivity index (χ0n) is 13.0. The van der Waals surface area contributed by atoms with Gasteiger partial charge in [-0.25, -0.2) is 9.97 Å². The number of likely N-dealkylation sites (N-methyl/N-ethyl adjacent to an activating group) is 1. The van der Waals surface area contributed by atoms with Crippen molar-refractivity contribution in [2.24, 2.45) is 5.92 Å². The molecule has 0 aliphatic rings. The standard InChI is InChI=1S/C15H27N3O/c1-7-16-12(6)13(10(3)4)14-11(5)15(19-8-2)18-9-17-14/h9-10,12-13,16H,7-8H2,1-6H3. The van der Waals surface area contributed by atoms with Gasteiger partial charge in [0.25, 0.3) is 0 Å². The molecule has 4 heteroatoms. The minimum absolute atomic E-state index is 0.363. The van der Waals surface area contributed by atoms with Gasteiger partial charge in [0.15, 0.2) is 0 Å². The van der Waals surface area contributed by atoms with Crippen molar-refractivity contribution in [3.05, 3.63) is 17.6 Å². The summed E-state index contributed by atoms with van der Waals surface area (Å²) >= 11 is 0. The average Bonchev–Trinajstić information content (AvgIpc) is 2.34. The Hall–Kier alpha value is -1.16. The third-order valence-electron chi connectivity index (χ3n) is 3.46. The summed E-state index contributed by atoms with van der Waals surface area (Å²) in [5.74, 6) is 1.58. The molecule has 0 aromatic carbocycles. The maximum atomic E-state index is 5.58. The molecular weight excluding hydrogens is 238 g/mol. The van der Waals surface area contributed by atoms with Gasteiger partial charge in [-0.1, -0.05) is 20.8 Å². The maximum Gasteiger partial charge on any atom is 0.219 e. The van der Waals surface area contributed by atoms with E-state index < -0.39 is 0 Å². The molecule has 0 aliphatic heterocycles. The van der Waals surface area contributed by atoms with Crippen LogP contribution in [0.15, 0.2) is 6.33 Å². The van der Waals surface area contributed by atoms with Crippen LogP contribution in [0.25, 0.3) is 0 Å². The van der Waals surface area contributed by atoms with Crippen molar-refractivity contribution >= 4 is 0 Å². The summed E-state index contributed by atoms with van der Waals surface area (Å²) in [6, 6.07) is 0.382. The summed E-state index contributed by atoms with van der Waals surface area (Å²) in [5, 5.41) is 3.50. The second-order valence-corrected chi connectivity index (χ2v) is 5.24. The van der Waals surface area contributed by atoms with E-state index in [1.807, 2.05) is 13.8 Å². The SMILES string of the molecule is CCNC(C)C(c1ncnc(OCC)c1C)C(C)C. The van der Waals surface area contributed by atoms with Crippen LogP contribution in [0.3, 0.4) is 0 Å². The minimum Gasteiger partial charge on any atom is -0.478 e. The van der Waals surface area contributed by atoms with E-state index in [0.29, 0.717) is 30.4 Å². The van der Waals surface area contributed by atoms with Gasteiger partial charge in [-0.3, -0.25) is 0 Å². The van der Waals surface area contributed by atoms with Gasteiger partial charge in [0.2, 0.25) is 5.88 Å². The summed E-state index contributed by atoms with van der Waals surface area (Å²) < 4.78 is 5.58. The lowest BCUT2D eigenvalue weighted by atomic mass is 9.84. The van der Waals surface area contributed by atoms with Crippen molar-refractivity contribution in [3.63, 3.8) is 0 Å². The average molecular weight is 265 g/mol. The third kappa shape index (κ3) is 3.90. The van der Waals surface area contributed by atoms with E-state index in [4.69, 9.17) is 4.74 Å². The van der Waals surface area contributed by atoms with Gasteiger partial charge in [-0.15, -0.1) is 0 Å². The Kier molecular flexibility index (Phi) is 6.22. The monoisotopic (exact) mass is 265 g/mol. The van der Waals surface area contributed by atoms with Crippen molar-refractivity contribution in [2.45, 2.75) is 53.5 Å². The summed E-state index contributed by atoms with van der Waals surface area (Å²) in [4.78, 5) is 8.74. The van der Waals surface area contributed by atoms with E-state index in [0.717, 1.165) is 17.8 Å². The molecule has 2 atom stereocenters. The number of ether oxygens (including phenoxy) is 1. The minimum atomic E-state index is 0.363. The predicted octanol–water partition coefficient (Wildman–Crippen LogP) is 2.92. The molecule has 0 amide bonds. The van der Waals surface area contributed by atoms with Gasteiger partial charge in [-0.2, -0.15) is 0 Å². The zero-order chi connectivity index (χ0) is 14.4. The van der Waals surface area contributed by atoms with Gasteiger partial charge in [0.1, 0.15) is 6.33 Å². The fourth-order valence-corrected chi connectivity index (χ4v) is 2.64. The Morgan fingerprint density at radius 2 is 1.89 bits per heavy atom. The number of nitrogens with zero attached hydrogens (tertiary/aromatic N) is 2. The van der Waals surface area contributed by atoms with Crippen molar-refractivity contribution in [1.82, 2.24) is 15.3 Å². The molecule has 0 fully saturated rings. The number of rotatable bonds is 7. The molecule has 4 nitrogen and oxygen atoms in total. The molecule has 0 saturated carbocycles. The van der Waals surface area contributed by atoms with E-state index in [9.17, 15) is 0 Å². The van der Waals surface area contributed by atoms with Crippen LogP contribution >= 0.6 is 0 Å². The summed E-state index contributed by atoms with van der Waals surface area (Å²) in [7, 11) is 0. The molecule has 1 rings (SSSR count). The van der Waals surface area contributed by atoms with Crippen LogP contribution in [-0.4, -0.2) is 29.2 Å². The molecule has 0 aliphatic carbocycles. The Labute approximate surface area is 117 Å². The quantitative estimate of drug-likeness (QED) is 0.823. The van der Waals surface area contributed by atoms with E-state index in [2.05, 4.69) is 43.0 Å². The molecular formula is C15H27N3O. The van der Waals surface area contributed by atoms with Crippen LogP contribution in [0, 0.1) is 12.8 Å². The molecule has 1 N–H and O–H groups in total. The molecule has 1 heterocycles. The van der Waals surface area contributed by atoms with Crippen LogP contribution in [0.2, 0.25) is 0 Å². The number of hydrogen-bond acceptors (Lipinski definition) is 4. The fraction of sp³-hybridized carbons (Fsp3) is 0.733. The Morgan fingerprint density at radius 3 is 2.42 bits per heavy atom. The van der Waals surface area contributed by atoms with Gasteiger partial charge in [-0.05, 0) is 33.2 Å². The number of aromatic nitrogens is 2. The lowest BCUT2D eigenvalue weighted by molar-refractivity contribution is 0.318. The molecule has 2 unspecified atom stereocenters. The van der Waals surface area contributed by atoms with E-state index in [1.165, 1.54) is 0 Å². The smallest absolute Gasteiger partial charge is 0.219 e. The van der Waals surface area contributed by atoms with Crippen LogP contribution in [-0.2, 0) is 0 Å². The molecule has 1 aromatic heterocycles. The maximum absolute atomic E-state index is 5.58. The second kappa shape index (κ2) is 7.43. The third-order valence-corrected chi connectivity index (χ3v) is 3.46. The van der Waals surface area contributed by atoms with Gasteiger partial charge in [0, 0.05) is 17.5 Å². The Bertz CT molecular complexity index is 393. The molecule has 19 heavy (non-hydrogen) atoms. The van der Waals surface area contributed by atoms with Crippen LogP contribution in [0.4, 0.5) is 0 Å². The normalized spacial score (nSPS) is 14.5. The van der Waals surface area contributed by atoms with E-state index in [-0.39, 0.29) is 0 Å². The highest BCUT2D eigenvalue weighted by Gasteiger charge is 2.26. The first kappa shape index (κ1) is 15.9. The lowest BCUT2D eigenvalue weighted by Crippen LogP contribution is -2.35. The predicted molar refractivity (Wildman–Crippen MR) is 78.7 cm³/mol. The first-order chi connectivity index (χ1) is 9.02. The summed E-state index contributed by atoms with van der Waals surface area (Å²) in [5.41, 5.74) is 2.16. The van der Waals surface area contributed by atoms with Gasteiger partial charge >= 0.3 is 0 Å². The largest absolute Gasteiger partial charge is 0.478 e. The molecule has 0 saturated heterocycles. The first-order valence-corrected chi connectivity index (χ1v) is 7.20. The first-order valence-electron chi connectivity index (χ1n) is 7.20. The second-order valence-electron chi connectivity index (χ2n) is 5.24. The van der Waals surface area contributed by atoms with E-state index >= 15 is 0 Å². The summed E-state index contributed by atoms with van der Waals surface area (Å²) in [6.45, 7) is 14.4. The van der Waals surface area contributed by atoms with Crippen LogP contribution in [0.5, 0.6) is 5.88 Å². The van der Waals surface area contributed by atoms with Crippen molar-refractivity contribution in [2.75, 3.05) is 13.2 Å². The highest BCUT2D eigenvalue weighted by atomic mass is 16.5. The Morgan fingerprint density at radius 1 is 1.21 bits per heavy atom. The van der Waals surface area contributed by atoms with Crippen molar-refractivity contribution in [1.29, 1.82) is 0 Å². The van der Waals surface area contributed by atoms with Crippen LogP contribution < -0.4 is 10.1 Å². The highest BCUT2D eigenvalue weighted by molar-refractivity contribution is 5.31. The van der Waals surface area contributed by atoms with Crippen LogP contribution in [0.1, 0.15) is 51.8 Å². The molecule has 0 bridgehead atoms. The highest BCUT2D eigenvalue weighted by Crippen LogP contribution is 2.31. The zero-order valence-corrected chi connectivity index (χ0v) is 13.0. The lowest BCUT2D eigenvalue weighted by Gasteiger charge is -2.29. The van der Waals surface area contributed by atoms with Crippen molar-refractivity contribution < 1.29 is 4.74 Å². The Balaban J connectivity index is 3.12. The molecule has 0 spiro atoms. The molecule has 1 aromatic rings. The molecule has 108 valence electrons. The fourth-order valence-electron chi connectivity index (χ4n) is 2.64. The van der Waals surface area contributed by atoms with Crippen molar-refractivity contribution in [3.8, 4) is 5.88 Å². The number of nitrogens with one attached hydrogen (secondary N) is 1. The summed E-state index contributed by atoms with van der Waals surface area (Å²) in [6.07, 6.45) is 1.61. The van der Waals surface area contributed by atoms with Gasteiger partial charge < -0.3 is 10.1 Å².